The van der Waals surface area contributed by atoms with Gasteiger partial charge in [-0.2, -0.15) is 0 Å². The molecule has 1 heteroatoms. The molecule has 0 bridgehead atoms. The fraction of sp³-hybridized carbons (Fsp3) is 0.579. The zero-order chi connectivity index (χ0) is 13.9. The van der Waals surface area contributed by atoms with Gasteiger partial charge in [0.05, 0.1) is 0 Å². The first-order valence-corrected chi connectivity index (χ1v) is 8.52. The van der Waals surface area contributed by atoms with Crippen molar-refractivity contribution in [2.24, 2.45) is 17.8 Å². The summed E-state index contributed by atoms with van der Waals surface area (Å²) >= 11 is 6.00. The number of fused-ring (bicyclic) bond motifs is 1. The third kappa shape index (κ3) is 3.11. The average Bonchev–Trinajstić information content (AvgIpc) is 2.48. The first-order valence-electron chi connectivity index (χ1n) is 8.14. The molecule has 1 aromatic carbocycles. The molecule has 4 unspecified atom stereocenters. The summed E-state index contributed by atoms with van der Waals surface area (Å²) in [5.74, 6) is 3.57. The molecule has 2 aliphatic carbocycles. The van der Waals surface area contributed by atoms with Crippen LogP contribution in [-0.2, 0) is 0 Å². The summed E-state index contributed by atoms with van der Waals surface area (Å²) in [5.41, 5.74) is 1.50. The van der Waals surface area contributed by atoms with Crippen molar-refractivity contribution in [2.45, 2.75) is 51.4 Å². The minimum Gasteiger partial charge on any atom is -0.0914 e. The molecule has 2 fully saturated rings. The van der Waals surface area contributed by atoms with E-state index in [0.717, 1.165) is 28.7 Å². The molecule has 2 aliphatic rings. The topological polar surface area (TPSA) is 0 Å². The van der Waals surface area contributed by atoms with Gasteiger partial charge in [-0.3, -0.25) is 0 Å². The molecular formula is C19H25Cl. The van der Waals surface area contributed by atoms with Crippen LogP contribution in [0, 0.1) is 17.8 Å². The summed E-state index contributed by atoms with van der Waals surface area (Å²) in [6.45, 7) is 2.16. The number of hydrogen-bond acceptors (Lipinski definition) is 0. The third-order valence-electron chi connectivity index (χ3n) is 5.46. The number of halogens is 1. The predicted octanol–water partition coefficient (Wildman–Crippen LogP) is 6.22. The van der Waals surface area contributed by atoms with Gasteiger partial charge in [0.2, 0.25) is 0 Å². The standard InChI is InChI=1S/C19H25Cl/c1-2-3-14-4-5-18-13-17(7-6-16(18)12-14)15-8-10-19(20)11-9-15/h2-3,8-11,14,16-18H,4-7,12-13H2,1H3/b3-2+. The van der Waals surface area contributed by atoms with Gasteiger partial charge in [0, 0.05) is 5.02 Å². The number of allylic oxidation sites excluding steroid dienone is 2. The van der Waals surface area contributed by atoms with E-state index in [2.05, 4.69) is 31.2 Å². The molecule has 2 saturated carbocycles. The fourth-order valence-electron chi connectivity index (χ4n) is 4.41. The molecule has 0 saturated heterocycles. The molecule has 0 N–H and O–H groups in total. The van der Waals surface area contributed by atoms with Crippen LogP contribution in [0.1, 0.15) is 56.9 Å². The number of rotatable bonds is 2. The van der Waals surface area contributed by atoms with Crippen LogP contribution in [-0.4, -0.2) is 0 Å². The molecule has 0 aromatic heterocycles. The molecular weight excluding hydrogens is 264 g/mol. The molecule has 0 aliphatic heterocycles. The Hall–Kier alpha value is -0.750. The van der Waals surface area contributed by atoms with Gasteiger partial charge < -0.3 is 0 Å². The maximum absolute atomic E-state index is 6.00. The highest BCUT2D eigenvalue weighted by atomic mass is 35.5. The molecule has 0 heterocycles. The monoisotopic (exact) mass is 288 g/mol. The highest BCUT2D eigenvalue weighted by molar-refractivity contribution is 6.30. The second-order valence-electron chi connectivity index (χ2n) is 6.68. The van der Waals surface area contributed by atoms with Crippen molar-refractivity contribution in [3.63, 3.8) is 0 Å². The highest BCUT2D eigenvalue weighted by Crippen LogP contribution is 2.47. The van der Waals surface area contributed by atoms with Crippen LogP contribution >= 0.6 is 11.6 Å². The quantitative estimate of drug-likeness (QED) is 0.567. The van der Waals surface area contributed by atoms with E-state index in [0.29, 0.717) is 0 Å². The van der Waals surface area contributed by atoms with E-state index < -0.39 is 0 Å². The molecule has 4 atom stereocenters. The first kappa shape index (κ1) is 14.2. The summed E-state index contributed by atoms with van der Waals surface area (Å²) in [7, 11) is 0. The van der Waals surface area contributed by atoms with E-state index in [1.165, 1.54) is 44.1 Å². The Labute approximate surface area is 128 Å². The van der Waals surface area contributed by atoms with Gasteiger partial charge in [0.25, 0.3) is 0 Å². The van der Waals surface area contributed by atoms with E-state index in [4.69, 9.17) is 11.6 Å². The Morgan fingerprint density at radius 3 is 2.40 bits per heavy atom. The van der Waals surface area contributed by atoms with Crippen LogP contribution in [0.15, 0.2) is 36.4 Å². The van der Waals surface area contributed by atoms with Crippen molar-refractivity contribution in [3.05, 3.63) is 47.0 Å². The number of benzene rings is 1. The average molecular weight is 289 g/mol. The lowest BCUT2D eigenvalue weighted by molar-refractivity contribution is 0.133. The van der Waals surface area contributed by atoms with Crippen LogP contribution in [0.4, 0.5) is 0 Å². The Balaban J connectivity index is 1.64. The summed E-state index contributed by atoms with van der Waals surface area (Å²) in [6, 6.07) is 8.56. The molecule has 1 aromatic rings. The fourth-order valence-corrected chi connectivity index (χ4v) is 4.54. The number of hydrogen-bond donors (Lipinski definition) is 0. The SMILES string of the molecule is C/C=C/C1CCC2CC(c3ccc(Cl)cc3)CCC2C1. The van der Waals surface area contributed by atoms with E-state index in [1.54, 1.807) is 0 Å². The maximum atomic E-state index is 6.00. The summed E-state index contributed by atoms with van der Waals surface area (Å²) in [6.07, 6.45) is 13.1. The van der Waals surface area contributed by atoms with Crippen LogP contribution in [0.2, 0.25) is 5.02 Å². The van der Waals surface area contributed by atoms with Gasteiger partial charge in [-0.25, -0.2) is 0 Å². The van der Waals surface area contributed by atoms with Crippen molar-refractivity contribution in [2.75, 3.05) is 0 Å². The molecule has 20 heavy (non-hydrogen) atoms. The first-order chi connectivity index (χ1) is 9.76. The van der Waals surface area contributed by atoms with Crippen molar-refractivity contribution >= 4 is 11.6 Å². The second kappa shape index (κ2) is 6.35. The van der Waals surface area contributed by atoms with E-state index in [9.17, 15) is 0 Å². The van der Waals surface area contributed by atoms with E-state index in [1.807, 2.05) is 12.1 Å². The minimum atomic E-state index is 0.770. The largest absolute Gasteiger partial charge is 0.0914 e. The highest BCUT2D eigenvalue weighted by Gasteiger charge is 2.35. The smallest absolute Gasteiger partial charge is 0.0406 e. The molecule has 0 radical (unpaired) electrons. The van der Waals surface area contributed by atoms with Crippen LogP contribution < -0.4 is 0 Å². The Morgan fingerprint density at radius 2 is 1.65 bits per heavy atom. The van der Waals surface area contributed by atoms with Crippen LogP contribution in [0.25, 0.3) is 0 Å². The minimum absolute atomic E-state index is 0.770. The van der Waals surface area contributed by atoms with Crippen molar-refractivity contribution in [1.82, 2.24) is 0 Å². The van der Waals surface area contributed by atoms with Crippen molar-refractivity contribution in [1.29, 1.82) is 0 Å². The van der Waals surface area contributed by atoms with Crippen LogP contribution in [0.3, 0.4) is 0 Å². The van der Waals surface area contributed by atoms with Crippen molar-refractivity contribution in [3.8, 4) is 0 Å². The lowest BCUT2D eigenvalue weighted by Crippen LogP contribution is -2.29. The van der Waals surface area contributed by atoms with Crippen LogP contribution in [0.5, 0.6) is 0 Å². The Bertz CT molecular complexity index is 459. The molecule has 0 nitrogen and oxygen atoms in total. The molecule has 0 amide bonds. The summed E-state index contributed by atoms with van der Waals surface area (Å²) in [4.78, 5) is 0. The summed E-state index contributed by atoms with van der Waals surface area (Å²) < 4.78 is 0. The summed E-state index contributed by atoms with van der Waals surface area (Å²) in [5, 5.41) is 0.856. The van der Waals surface area contributed by atoms with E-state index >= 15 is 0 Å². The van der Waals surface area contributed by atoms with Gasteiger partial charge in [-0.05, 0) is 86.8 Å². The van der Waals surface area contributed by atoms with Gasteiger partial charge in [0.15, 0.2) is 0 Å². The molecule has 108 valence electrons. The molecule has 3 rings (SSSR count). The predicted molar refractivity (Wildman–Crippen MR) is 87.2 cm³/mol. The maximum Gasteiger partial charge on any atom is 0.0406 e. The van der Waals surface area contributed by atoms with Gasteiger partial charge >= 0.3 is 0 Å². The zero-order valence-electron chi connectivity index (χ0n) is 12.4. The third-order valence-corrected chi connectivity index (χ3v) is 5.71. The van der Waals surface area contributed by atoms with Crippen molar-refractivity contribution < 1.29 is 0 Å². The Kier molecular flexibility index (Phi) is 4.51. The van der Waals surface area contributed by atoms with Gasteiger partial charge in [-0.1, -0.05) is 35.9 Å². The Morgan fingerprint density at radius 1 is 0.950 bits per heavy atom. The van der Waals surface area contributed by atoms with E-state index in [-0.39, 0.29) is 0 Å². The van der Waals surface area contributed by atoms with Gasteiger partial charge in [0.1, 0.15) is 0 Å². The second-order valence-corrected chi connectivity index (χ2v) is 7.12. The normalized spacial score (nSPS) is 34.1. The van der Waals surface area contributed by atoms with Gasteiger partial charge in [-0.15, -0.1) is 0 Å². The zero-order valence-corrected chi connectivity index (χ0v) is 13.2. The molecule has 0 spiro atoms. The lowest BCUT2D eigenvalue weighted by Gasteiger charge is -2.41. The lowest BCUT2D eigenvalue weighted by atomic mass is 9.64.